The van der Waals surface area contributed by atoms with Crippen LogP contribution >= 0.6 is 11.3 Å². The Bertz CT molecular complexity index is 1120. The van der Waals surface area contributed by atoms with Gasteiger partial charge in [-0.25, -0.2) is 0 Å². The second-order valence-electron chi connectivity index (χ2n) is 4.73. The molecule has 0 aliphatic heterocycles. The molecule has 110 valence electrons. The zero-order valence-electron chi connectivity index (χ0n) is 11.5. The highest BCUT2D eigenvalue weighted by molar-refractivity contribution is 7.19. The molecule has 10 heteroatoms. The summed E-state index contributed by atoms with van der Waals surface area (Å²) in [5.41, 5.74) is 2.42. The van der Waals surface area contributed by atoms with Crippen molar-refractivity contribution in [1.29, 1.82) is 0 Å². The van der Waals surface area contributed by atoms with E-state index in [9.17, 15) is 0 Å². The normalized spacial score (nSPS) is 11.5. The van der Waals surface area contributed by atoms with Crippen molar-refractivity contribution in [3.05, 3.63) is 42.9 Å². The highest BCUT2D eigenvalue weighted by atomic mass is 32.1. The maximum atomic E-state index is 4.63. The maximum Gasteiger partial charge on any atom is 0.235 e. The monoisotopic (exact) mass is 321 g/mol. The summed E-state index contributed by atoms with van der Waals surface area (Å²) in [4.78, 5) is 4.73. The quantitative estimate of drug-likeness (QED) is 0.484. The molecule has 0 fully saturated rings. The van der Waals surface area contributed by atoms with E-state index in [1.165, 1.54) is 11.3 Å². The molecule has 0 N–H and O–H groups in total. The molecule has 0 aliphatic carbocycles. The molecular formula is C13H7N9S. The third-order valence-electron chi connectivity index (χ3n) is 3.38. The highest BCUT2D eigenvalue weighted by Gasteiger charge is 2.16. The molecule has 5 rings (SSSR count). The third-order valence-corrected chi connectivity index (χ3v) is 4.32. The number of fused-ring (bicyclic) bond motifs is 2. The molecule has 5 heterocycles. The molecule has 0 unspecified atom stereocenters. The van der Waals surface area contributed by atoms with Crippen LogP contribution in [0.3, 0.4) is 0 Å². The van der Waals surface area contributed by atoms with E-state index in [0.717, 1.165) is 16.1 Å². The molecule has 23 heavy (non-hydrogen) atoms. The zero-order valence-corrected chi connectivity index (χ0v) is 12.3. The van der Waals surface area contributed by atoms with Crippen LogP contribution in [0.25, 0.3) is 32.6 Å². The van der Waals surface area contributed by atoms with Gasteiger partial charge in [-0.2, -0.15) is 14.1 Å². The van der Waals surface area contributed by atoms with E-state index in [2.05, 4.69) is 35.8 Å². The van der Waals surface area contributed by atoms with Gasteiger partial charge in [-0.3, -0.25) is 4.98 Å². The molecule has 0 radical (unpaired) electrons. The summed E-state index contributed by atoms with van der Waals surface area (Å²) in [6, 6.07) is 7.56. The van der Waals surface area contributed by atoms with E-state index in [-0.39, 0.29) is 0 Å². The lowest BCUT2D eigenvalue weighted by Crippen LogP contribution is -1.93. The summed E-state index contributed by atoms with van der Waals surface area (Å²) in [6.45, 7) is 0. The van der Waals surface area contributed by atoms with Gasteiger partial charge in [0.1, 0.15) is 0 Å². The van der Waals surface area contributed by atoms with Gasteiger partial charge in [-0.15, -0.1) is 15.3 Å². The van der Waals surface area contributed by atoms with Crippen LogP contribution in [0.4, 0.5) is 0 Å². The van der Waals surface area contributed by atoms with E-state index < -0.39 is 0 Å². The summed E-state index contributed by atoms with van der Waals surface area (Å²) >= 11 is 1.44. The number of pyridine rings is 2. The number of rotatable bonds is 2. The van der Waals surface area contributed by atoms with Crippen LogP contribution in [0.15, 0.2) is 42.9 Å². The van der Waals surface area contributed by atoms with Crippen molar-refractivity contribution in [3.63, 3.8) is 0 Å². The summed E-state index contributed by atoms with van der Waals surface area (Å²) in [6.07, 6.45) is 5.22. The van der Waals surface area contributed by atoms with Crippen LogP contribution in [-0.4, -0.2) is 44.8 Å². The molecule has 0 bridgehead atoms. The van der Waals surface area contributed by atoms with E-state index in [4.69, 9.17) is 0 Å². The lowest BCUT2D eigenvalue weighted by Gasteiger charge is -1.97. The molecule has 0 spiro atoms. The summed E-state index contributed by atoms with van der Waals surface area (Å²) in [5, 5.41) is 25.5. The molecule has 0 aliphatic rings. The number of hydrogen-bond donors (Lipinski definition) is 0. The average molecular weight is 321 g/mol. The maximum absolute atomic E-state index is 4.63. The minimum Gasteiger partial charge on any atom is -0.265 e. The van der Waals surface area contributed by atoms with Gasteiger partial charge < -0.3 is 0 Å². The van der Waals surface area contributed by atoms with Gasteiger partial charge in [0.25, 0.3) is 0 Å². The van der Waals surface area contributed by atoms with Crippen molar-refractivity contribution >= 4 is 21.9 Å². The first kappa shape index (κ1) is 12.3. The van der Waals surface area contributed by atoms with Crippen molar-refractivity contribution in [2.75, 3.05) is 0 Å². The smallest absolute Gasteiger partial charge is 0.235 e. The van der Waals surface area contributed by atoms with Crippen LogP contribution in [0, 0.1) is 0 Å². The second kappa shape index (κ2) is 4.61. The SMILES string of the molecule is c1cc(-c2nn3c(-c4ccncc4)nnc3s2)c2nnnn2c1. The Morgan fingerprint density at radius 3 is 2.83 bits per heavy atom. The summed E-state index contributed by atoms with van der Waals surface area (Å²) in [5.74, 6) is 0.677. The molecule has 0 aromatic carbocycles. The largest absolute Gasteiger partial charge is 0.265 e. The molecular weight excluding hydrogens is 314 g/mol. The minimum atomic E-state index is 0.655. The summed E-state index contributed by atoms with van der Waals surface area (Å²) in [7, 11) is 0. The Balaban J connectivity index is 1.73. The Labute approximate surface area is 132 Å². The van der Waals surface area contributed by atoms with Crippen LogP contribution in [-0.2, 0) is 0 Å². The van der Waals surface area contributed by atoms with Crippen LogP contribution in [0.2, 0.25) is 0 Å². The lowest BCUT2D eigenvalue weighted by molar-refractivity contribution is 0.823. The first-order valence-corrected chi connectivity index (χ1v) is 7.51. The van der Waals surface area contributed by atoms with Gasteiger partial charge in [0.2, 0.25) is 4.96 Å². The van der Waals surface area contributed by atoms with Crippen molar-refractivity contribution in [3.8, 4) is 22.0 Å². The number of nitrogens with zero attached hydrogens (tertiary/aromatic N) is 9. The molecule has 0 amide bonds. The Hall–Kier alpha value is -3.27. The highest BCUT2D eigenvalue weighted by Crippen LogP contribution is 2.29. The van der Waals surface area contributed by atoms with E-state index in [1.807, 2.05) is 24.3 Å². The predicted octanol–water partition coefficient (Wildman–Crippen LogP) is 1.35. The fourth-order valence-corrected chi connectivity index (χ4v) is 3.20. The van der Waals surface area contributed by atoms with E-state index in [0.29, 0.717) is 16.4 Å². The van der Waals surface area contributed by atoms with E-state index in [1.54, 1.807) is 27.6 Å². The first-order chi connectivity index (χ1) is 11.4. The van der Waals surface area contributed by atoms with Crippen LogP contribution in [0.1, 0.15) is 0 Å². The van der Waals surface area contributed by atoms with Crippen molar-refractivity contribution < 1.29 is 0 Å². The van der Waals surface area contributed by atoms with Gasteiger partial charge in [0, 0.05) is 24.2 Å². The fraction of sp³-hybridized carbons (Fsp3) is 0. The zero-order chi connectivity index (χ0) is 15.2. The first-order valence-electron chi connectivity index (χ1n) is 6.70. The fourth-order valence-electron chi connectivity index (χ4n) is 2.34. The van der Waals surface area contributed by atoms with E-state index >= 15 is 0 Å². The predicted molar refractivity (Wildman–Crippen MR) is 81.7 cm³/mol. The average Bonchev–Trinajstić information content (AvgIpc) is 3.30. The lowest BCUT2D eigenvalue weighted by atomic mass is 10.2. The molecule has 5 aromatic rings. The Morgan fingerprint density at radius 2 is 1.91 bits per heavy atom. The molecule has 0 saturated carbocycles. The molecule has 0 saturated heterocycles. The van der Waals surface area contributed by atoms with Gasteiger partial charge in [-0.05, 0) is 34.7 Å². The van der Waals surface area contributed by atoms with Gasteiger partial charge >= 0.3 is 0 Å². The van der Waals surface area contributed by atoms with Crippen LogP contribution in [0.5, 0.6) is 0 Å². The van der Waals surface area contributed by atoms with Gasteiger partial charge in [0.05, 0.1) is 5.56 Å². The Morgan fingerprint density at radius 1 is 1.00 bits per heavy atom. The number of hydrogen-bond acceptors (Lipinski definition) is 8. The van der Waals surface area contributed by atoms with Crippen molar-refractivity contribution in [1.82, 2.24) is 44.8 Å². The molecule has 0 atom stereocenters. The second-order valence-corrected chi connectivity index (χ2v) is 5.69. The van der Waals surface area contributed by atoms with Crippen LogP contribution < -0.4 is 0 Å². The third kappa shape index (κ3) is 1.82. The Kier molecular flexibility index (Phi) is 2.46. The van der Waals surface area contributed by atoms with Crippen molar-refractivity contribution in [2.45, 2.75) is 0 Å². The number of aromatic nitrogens is 9. The number of tetrazole rings is 1. The standard InChI is InChI=1S/C13H7N9S/c1-2-9(11-16-19-20-21(11)7-1)12-18-22-10(15-17-13(22)23-12)8-3-5-14-6-4-8/h1-7H. The van der Waals surface area contributed by atoms with Gasteiger partial charge in [0.15, 0.2) is 16.5 Å². The topological polar surface area (TPSA) is 99.0 Å². The van der Waals surface area contributed by atoms with Crippen molar-refractivity contribution in [2.24, 2.45) is 0 Å². The minimum absolute atomic E-state index is 0.655. The molecule has 5 aromatic heterocycles. The molecule has 9 nitrogen and oxygen atoms in total. The summed E-state index contributed by atoms with van der Waals surface area (Å²) < 4.78 is 3.34. The van der Waals surface area contributed by atoms with Gasteiger partial charge in [-0.1, -0.05) is 11.3 Å².